The van der Waals surface area contributed by atoms with Crippen LogP contribution in [0.15, 0.2) is 24.3 Å². The fourth-order valence-electron chi connectivity index (χ4n) is 2.96. The van der Waals surface area contributed by atoms with Crippen molar-refractivity contribution < 1.29 is 42.8 Å². The Morgan fingerprint density at radius 3 is 1.53 bits per heavy atom. The molecular formula is C21H16Cl2O9. The first kappa shape index (κ1) is 22.0. The first-order chi connectivity index (χ1) is 15.4. The second-order valence-corrected chi connectivity index (χ2v) is 7.47. The molecule has 4 rings (SSSR count). The molecule has 0 amide bonds. The van der Waals surface area contributed by atoms with E-state index in [4.69, 9.17) is 51.6 Å². The van der Waals surface area contributed by atoms with Crippen molar-refractivity contribution in [2.45, 2.75) is 0 Å². The number of halogens is 2. The van der Waals surface area contributed by atoms with Gasteiger partial charge in [-0.25, -0.2) is 9.59 Å². The predicted molar refractivity (Wildman–Crippen MR) is 110 cm³/mol. The number of esters is 2. The molecule has 0 atom stereocenters. The molecule has 168 valence electrons. The van der Waals surface area contributed by atoms with Gasteiger partial charge in [-0.2, -0.15) is 0 Å². The van der Waals surface area contributed by atoms with Crippen LogP contribution in [0.4, 0.5) is 0 Å². The highest BCUT2D eigenvalue weighted by Crippen LogP contribution is 2.39. The fourth-order valence-corrected chi connectivity index (χ4v) is 3.49. The number of ether oxygens (including phenoxy) is 6. The third-order valence-corrected chi connectivity index (χ3v) is 4.96. The fraction of sp³-hybridized carbons (Fsp3) is 0.286. The van der Waals surface area contributed by atoms with Crippen molar-refractivity contribution in [3.05, 3.63) is 45.4 Å². The number of Topliss-reactive ketones (excluding diaryl/α,β-unsaturated/α-hetero) is 1. The van der Waals surface area contributed by atoms with E-state index in [1.807, 2.05) is 0 Å². The standard InChI is InChI=1S/C21H16Cl2O9/c22-14-5-11(7-16-18(14)29-3-1-27-16)20(25)31-9-13(24)10-32-21(26)12-6-15(23)19-17(8-12)28-2-4-30-19/h5-8H,1-4,9-10H2. The highest BCUT2D eigenvalue weighted by Gasteiger charge is 2.22. The van der Waals surface area contributed by atoms with E-state index < -0.39 is 30.9 Å². The highest BCUT2D eigenvalue weighted by atomic mass is 35.5. The van der Waals surface area contributed by atoms with Gasteiger partial charge in [-0.05, 0) is 24.3 Å². The molecule has 0 aromatic heterocycles. The van der Waals surface area contributed by atoms with Gasteiger partial charge in [0, 0.05) is 0 Å². The SMILES string of the molecule is O=C(COC(=O)c1cc(Cl)c2c(c1)OCCO2)COC(=O)c1cc(Cl)c2c(c1)OCCO2. The first-order valence-electron chi connectivity index (χ1n) is 9.46. The van der Waals surface area contributed by atoms with E-state index in [1.54, 1.807) is 0 Å². The lowest BCUT2D eigenvalue weighted by Crippen LogP contribution is -2.21. The molecular weight excluding hydrogens is 467 g/mol. The van der Waals surface area contributed by atoms with E-state index in [-0.39, 0.29) is 21.2 Å². The van der Waals surface area contributed by atoms with Crippen LogP contribution < -0.4 is 18.9 Å². The second-order valence-electron chi connectivity index (χ2n) is 6.66. The molecule has 0 radical (unpaired) electrons. The van der Waals surface area contributed by atoms with Crippen molar-refractivity contribution >= 4 is 40.9 Å². The molecule has 0 saturated carbocycles. The molecule has 2 aliphatic rings. The zero-order valence-electron chi connectivity index (χ0n) is 16.5. The molecule has 0 N–H and O–H groups in total. The quantitative estimate of drug-likeness (QED) is 0.573. The largest absolute Gasteiger partial charge is 0.486 e. The number of carbonyl (C=O) groups excluding carboxylic acids is 3. The molecule has 0 fully saturated rings. The summed E-state index contributed by atoms with van der Waals surface area (Å²) in [4.78, 5) is 36.5. The molecule has 2 aromatic carbocycles. The zero-order valence-corrected chi connectivity index (χ0v) is 18.0. The number of hydrogen-bond acceptors (Lipinski definition) is 9. The highest BCUT2D eigenvalue weighted by molar-refractivity contribution is 6.33. The van der Waals surface area contributed by atoms with Crippen LogP contribution >= 0.6 is 23.2 Å². The first-order valence-corrected chi connectivity index (χ1v) is 10.2. The number of carbonyl (C=O) groups is 3. The number of hydrogen-bond donors (Lipinski definition) is 0. The maximum atomic E-state index is 12.2. The van der Waals surface area contributed by atoms with Gasteiger partial charge in [-0.3, -0.25) is 4.79 Å². The minimum absolute atomic E-state index is 0.0926. The van der Waals surface area contributed by atoms with Crippen LogP contribution in [0.1, 0.15) is 20.7 Å². The van der Waals surface area contributed by atoms with E-state index in [2.05, 4.69) is 0 Å². The Hall–Kier alpha value is -3.17. The maximum Gasteiger partial charge on any atom is 0.338 e. The van der Waals surface area contributed by atoms with Crippen molar-refractivity contribution in [3.8, 4) is 23.0 Å². The van der Waals surface area contributed by atoms with Crippen LogP contribution in [-0.2, 0) is 14.3 Å². The lowest BCUT2D eigenvalue weighted by atomic mass is 10.2. The molecule has 9 nitrogen and oxygen atoms in total. The van der Waals surface area contributed by atoms with Crippen LogP contribution in [0, 0.1) is 0 Å². The Balaban J connectivity index is 1.30. The maximum absolute atomic E-state index is 12.2. The normalized spacial score (nSPS) is 13.8. The van der Waals surface area contributed by atoms with Crippen molar-refractivity contribution in [3.63, 3.8) is 0 Å². The predicted octanol–water partition coefficient (Wildman–Crippen LogP) is 3.12. The van der Waals surface area contributed by atoms with Gasteiger partial charge in [-0.15, -0.1) is 0 Å². The monoisotopic (exact) mass is 482 g/mol. The van der Waals surface area contributed by atoms with Crippen molar-refractivity contribution in [1.82, 2.24) is 0 Å². The summed E-state index contributed by atoms with van der Waals surface area (Å²) in [5, 5.41) is 0.375. The van der Waals surface area contributed by atoms with Gasteiger partial charge in [0.2, 0.25) is 5.78 Å². The number of fused-ring (bicyclic) bond motifs is 2. The molecule has 0 saturated heterocycles. The average molecular weight is 483 g/mol. The zero-order chi connectivity index (χ0) is 22.7. The Labute approximate surface area is 192 Å². The van der Waals surface area contributed by atoms with Crippen LogP contribution in [-0.4, -0.2) is 57.4 Å². The molecule has 2 aliphatic heterocycles. The van der Waals surface area contributed by atoms with Crippen molar-refractivity contribution in [1.29, 1.82) is 0 Å². The lowest BCUT2D eigenvalue weighted by molar-refractivity contribution is -0.125. The summed E-state index contributed by atoms with van der Waals surface area (Å²) in [6, 6.07) is 5.54. The van der Waals surface area contributed by atoms with Gasteiger partial charge >= 0.3 is 11.9 Å². The minimum atomic E-state index is -0.790. The summed E-state index contributed by atoms with van der Waals surface area (Å²) in [5.41, 5.74) is 0.185. The van der Waals surface area contributed by atoms with Crippen LogP contribution in [0.25, 0.3) is 0 Å². The minimum Gasteiger partial charge on any atom is -0.486 e. The van der Waals surface area contributed by atoms with Gasteiger partial charge in [0.1, 0.15) is 26.4 Å². The Bertz CT molecular complexity index is 1000. The average Bonchev–Trinajstić information content (AvgIpc) is 2.81. The second kappa shape index (κ2) is 9.54. The number of benzene rings is 2. The lowest BCUT2D eigenvalue weighted by Gasteiger charge is -2.20. The topological polar surface area (TPSA) is 107 Å². The summed E-state index contributed by atoms with van der Waals surface area (Å²) in [7, 11) is 0. The van der Waals surface area contributed by atoms with Gasteiger partial charge in [-0.1, -0.05) is 23.2 Å². The van der Waals surface area contributed by atoms with E-state index in [9.17, 15) is 14.4 Å². The third-order valence-electron chi connectivity index (χ3n) is 4.39. The molecule has 0 spiro atoms. The Morgan fingerprint density at radius 1 is 0.688 bits per heavy atom. The Morgan fingerprint density at radius 2 is 1.09 bits per heavy atom. The van der Waals surface area contributed by atoms with Gasteiger partial charge < -0.3 is 28.4 Å². The van der Waals surface area contributed by atoms with Gasteiger partial charge in [0.05, 0.1) is 21.2 Å². The van der Waals surface area contributed by atoms with Gasteiger partial charge in [0.15, 0.2) is 36.2 Å². The smallest absolute Gasteiger partial charge is 0.338 e. The number of rotatable bonds is 6. The molecule has 0 bridgehead atoms. The molecule has 0 aliphatic carbocycles. The molecule has 2 aromatic rings. The van der Waals surface area contributed by atoms with Crippen LogP contribution in [0.2, 0.25) is 10.0 Å². The van der Waals surface area contributed by atoms with Crippen molar-refractivity contribution in [2.75, 3.05) is 39.6 Å². The summed E-state index contributed by atoms with van der Waals surface area (Å²) in [5.74, 6) is -0.889. The van der Waals surface area contributed by atoms with Crippen LogP contribution in [0.5, 0.6) is 23.0 Å². The summed E-state index contributed by atoms with van der Waals surface area (Å²) >= 11 is 12.2. The van der Waals surface area contributed by atoms with E-state index in [0.717, 1.165) is 0 Å². The van der Waals surface area contributed by atoms with Crippen molar-refractivity contribution in [2.24, 2.45) is 0 Å². The molecule has 11 heteroatoms. The molecule has 2 heterocycles. The van der Waals surface area contributed by atoms with E-state index >= 15 is 0 Å². The molecule has 32 heavy (non-hydrogen) atoms. The Kier molecular flexibility index (Phi) is 6.57. The summed E-state index contributed by atoms with van der Waals surface area (Å²) in [6.07, 6.45) is 0. The van der Waals surface area contributed by atoms with Crippen LogP contribution in [0.3, 0.4) is 0 Å². The van der Waals surface area contributed by atoms with E-state index in [1.165, 1.54) is 24.3 Å². The summed E-state index contributed by atoms with van der Waals surface area (Å²) in [6.45, 7) is 0.144. The number of ketones is 1. The third kappa shape index (κ3) is 4.84. The summed E-state index contributed by atoms with van der Waals surface area (Å²) < 4.78 is 31.5. The van der Waals surface area contributed by atoms with E-state index in [0.29, 0.717) is 49.4 Å². The molecule has 0 unspecified atom stereocenters. The van der Waals surface area contributed by atoms with Gasteiger partial charge in [0.25, 0.3) is 0 Å².